The van der Waals surface area contributed by atoms with Crippen LogP contribution < -0.4 is 11.1 Å². The molecule has 2 unspecified atom stereocenters. The van der Waals surface area contributed by atoms with Crippen molar-refractivity contribution in [2.75, 3.05) is 0 Å². The van der Waals surface area contributed by atoms with Crippen LogP contribution in [-0.4, -0.2) is 23.0 Å². The van der Waals surface area contributed by atoms with Crippen molar-refractivity contribution in [3.63, 3.8) is 0 Å². The molecule has 4 N–H and O–H groups in total. The highest BCUT2D eigenvalue weighted by Crippen LogP contribution is 2.25. The zero-order valence-corrected chi connectivity index (χ0v) is 11.1. The molecule has 0 aliphatic heterocycles. The fraction of sp³-hybridized carbons (Fsp3) is 0.429. The monoisotopic (exact) mass is 279 g/mol. The van der Waals surface area contributed by atoms with Crippen LogP contribution in [0.5, 0.6) is 0 Å². The number of hydrogen-bond acceptors (Lipinski definition) is 3. The summed E-state index contributed by atoms with van der Waals surface area (Å²) in [7, 11) is 0. The lowest BCUT2D eigenvalue weighted by molar-refractivity contribution is -0.121. The van der Waals surface area contributed by atoms with E-state index in [0.29, 0.717) is 5.56 Å². The molecule has 0 spiro atoms. The molecular weight excluding hydrogens is 261 g/mol. The van der Waals surface area contributed by atoms with Crippen molar-refractivity contribution in [2.24, 2.45) is 16.8 Å². The van der Waals surface area contributed by atoms with E-state index in [4.69, 9.17) is 10.9 Å². The van der Waals surface area contributed by atoms with E-state index in [-0.39, 0.29) is 35.9 Å². The van der Waals surface area contributed by atoms with Gasteiger partial charge in [0.15, 0.2) is 0 Å². The first kappa shape index (κ1) is 14.3. The molecule has 2 rings (SSSR count). The third kappa shape index (κ3) is 3.46. The quantitative estimate of drug-likeness (QED) is 0.337. The van der Waals surface area contributed by atoms with Crippen LogP contribution in [0.3, 0.4) is 0 Å². The summed E-state index contributed by atoms with van der Waals surface area (Å²) in [6, 6.07) is 5.85. The van der Waals surface area contributed by atoms with Gasteiger partial charge in [0.05, 0.1) is 6.42 Å². The zero-order chi connectivity index (χ0) is 14.5. The summed E-state index contributed by atoms with van der Waals surface area (Å²) in [6.07, 6.45) is 2.64. The number of oxime groups is 1. The van der Waals surface area contributed by atoms with Gasteiger partial charge >= 0.3 is 0 Å². The van der Waals surface area contributed by atoms with Gasteiger partial charge in [-0.1, -0.05) is 23.7 Å². The van der Waals surface area contributed by atoms with E-state index >= 15 is 0 Å². The van der Waals surface area contributed by atoms with Gasteiger partial charge in [-0.15, -0.1) is 0 Å². The first-order valence-electron chi connectivity index (χ1n) is 6.61. The zero-order valence-electron chi connectivity index (χ0n) is 11.1. The van der Waals surface area contributed by atoms with E-state index < -0.39 is 0 Å². The maximum Gasteiger partial charge on any atom is 0.224 e. The van der Waals surface area contributed by atoms with E-state index in [2.05, 4.69) is 10.5 Å². The Bertz CT molecular complexity index is 519. The highest BCUT2D eigenvalue weighted by Gasteiger charge is 2.31. The molecule has 2 atom stereocenters. The Hall–Kier alpha value is -2.11. The van der Waals surface area contributed by atoms with Gasteiger partial charge in [-0.25, -0.2) is 4.39 Å². The number of hydrogen-bond donors (Lipinski definition) is 3. The lowest BCUT2D eigenvalue weighted by atomic mass is 10.0. The smallest absolute Gasteiger partial charge is 0.224 e. The van der Waals surface area contributed by atoms with Crippen molar-refractivity contribution in [2.45, 2.75) is 31.7 Å². The number of carbonyl (C=O) groups is 1. The van der Waals surface area contributed by atoms with Crippen LogP contribution in [0.2, 0.25) is 0 Å². The van der Waals surface area contributed by atoms with E-state index in [1.807, 2.05) is 0 Å². The van der Waals surface area contributed by atoms with Gasteiger partial charge in [0.2, 0.25) is 5.91 Å². The van der Waals surface area contributed by atoms with Gasteiger partial charge in [-0.05, 0) is 30.5 Å². The van der Waals surface area contributed by atoms with Crippen LogP contribution >= 0.6 is 0 Å². The third-order valence-electron chi connectivity index (χ3n) is 3.61. The molecule has 1 aliphatic rings. The van der Waals surface area contributed by atoms with Gasteiger partial charge < -0.3 is 16.3 Å². The molecule has 5 nitrogen and oxygen atoms in total. The van der Waals surface area contributed by atoms with Crippen LogP contribution in [0.25, 0.3) is 0 Å². The van der Waals surface area contributed by atoms with Gasteiger partial charge in [0.25, 0.3) is 0 Å². The highest BCUT2D eigenvalue weighted by atomic mass is 19.1. The fourth-order valence-electron chi connectivity index (χ4n) is 2.65. The Labute approximate surface area is 116 Å². The lowest BCUT2D eigenvalue weighted by Crippen LogP contribution is -2.43. The summed E-state index contributed by atoms with van der Waals surface area (Å²) in [5.41, 5.74) is 6.24. The minimum absolute atomic E-state index is 0.119. The van der Waals surface area contributed by atoms with Crippen LogP contribution in [0.15, 0.2) is 29.4 Å². The van der Waals surface area contributed by atoms with Gasteiger partial charge in [-0.3, -0.25) is 4.79 Å². The second-order valence-corrected chi connectivity index (χ2v) is 5.04. The summed E-state index contributed by atoms with van der Waals surface area (Å²) < 4.78 is 13.0. The number of carbonyl (C=O) groups excluding carboxylic acids is 1. The molecule has 1 aromatic rings. The average Bonchev–Trinajstić information content (AvgIpc) is 2.85. The largest absolute Gasteiger partial charge is 0.409 e. The van der Waals surface area contributed by atoms with Crippen molar-refractivity contribution < 1.29 is 14.4 Å². The molecule has 1 fully saturated rings. The first-order valence-corrected chi connectivity index (χ1v) is 6.61. The number of nitrogens with one attached hydrogen (secondary N) is 1. The standard InChI is InChI=1S/C14H18FN3O2/c15-10-4-1-3-9(7-10)8-13(19)17-12-6-2-5-11(12)14(16)18-20/h1,3-4,7,11-12,20H,2,5-6,8H2,(H2,16,18)(H,17,19). The number of amidine groups is 1. The first-order chi connectivity index (χ1) is 9.60. The third-order valence-corrected chi connectivity index (χ3v) is 3.61. The van der Waals surface area contributed by atoms with E-state index in [1.165, 1.54) is 12.1 Å². The van der Waals surface area contributed by atoms with Crippen LogP contribution in [0.1, 0.15) is 24.8 Å². The van der Waals surface area contributed by atoms with Crippen molar-refractivity contribution in [1.29, 1.82) is 0 Å². The maximum atomic E-state index is 13.0. The Balaban J connectivity index is 1.94. The Kier molecular flexibility index (Phi) is 4.55. The molecule has 0 bridgehead atoms. The lowest BCUT2D eigenvalue weighted by Gasteiger charge is -2.19. The fourth-order valence-corrected chi connectivity index (χ4v) is 2.65. The number of amides is 1. The Morgan fingerprint density at radius 2 is 2.30 bits per heavy atom. The molecule has 0 aromatic heterocycles. The Morgan fingerprint density at radius 3 is 3.00 bits per heavy atom. The van der Waals surface area contributed by atoms with Gasteiger partial charge in [0, 0.05) is 12.0 Å². The topological polar surface area (TPSA) is 87.7 Å². The van der Waals surface area contributed by atoms with Gasteiger partial charge in [0.1, 0.15) is 11.7 Å². The van der Waals surface area contributed by atoms with Gasteiger partial charge in [-0.2, -0.15) is 0 Å². The molecule has 1 amide bonds. The van der Waals surface area contributed by atoms with Crippen molar-refractivity contribution in [3.8, 4) is 0 Å². The van der Waals surface area contributed by atoms with E-state index in [0.717, 1.165) is 19.3 Å². The molecule has 6 heteroatoms. The molecule has 1 aromatic carbocycles. The summed E-state index contributed by atoms with van der Waals surface area (Å²) in [5, 5.41) is 14.6. The molecule has 0 heterocycles. The number of nitrogens with two attached hydrogens (primary N) is 1. The average molecular weight is 279 g/mol. The molecule has 20 heavy (non-hydrogen) atoms. The van der Waals surface area contributed by atoms with Crippen LogP contribution in [0.4, 0.5) is 4.39 Å². The molecule has 0 saturated heterocycles. The number of rotatable bonds is 4. The second-order valence-electron chi connectivity index (χ2n) is 5.04. The summed E-state index contributed by atoms with van der Waals surface area (Å²) in [6.45, 7) is 0. The van der Waals surface area contributed by atoms with Crippen LogP contribution in [0, 0.1) is 11.7 Å². The summed E-state index contributed by atoms with van der Waals surface area (Å²) in [4.78, 5) is 12.0. The van der Waals surface area contributed by atoms with E-state index in [1.54, 1.807) is 12.1 Å². The second kappa shape index (κ2) is 6.36. The minimum atomic E-state index is -0.356. The number of benzene rings is 1. The van der Waals surface area contributed by atoms with Crippen molar-refractivity contribution >= 4 is 11.7 Å². The Morgan fingerprint density at radius 1 is 1.50 bits per heavy atom. The van der Waals surface area contributed by atoms with Crippen LogP contribution in [-0.2, 0) is 11.2 Å². The maximum absolute atomic E-state index is 13.0. The SMILES string of the molecule is NC(=NO)C1CCCC1NC(=O)Cc1cccc(F)c1. The predicted octanol–water partition coefficient (Wildman–Crippen LogP) is 1.40. The van der Waals surface area contributed by atoms with Crippen molar-refractivity contribution in [1.82, 2.24) is 5.32 Å². The molecule has 1 aliphatic carbocycles. The summed E-state index contributed by atoms with van der Waals surface area (Å²) in [5.74, 6) is -0.515. The molecule has 0 radical (unpaired) electrons. The highest BCUT2D eigenvalue weighted by molar-refractivity contribution is 5.85. The predicted molar refractivity (Wildman–Crippen MR) is 72.8 cm³/mol. The molecule has 108 valence electrons. The van der Waals surface area contributed by atoms with E-state index in [9.17, 15) is 9.18 Å². The molecule has 1 saturated carbocycles. The minimum Gasteiger partial charge on any atom is -0.409 e. The van der Waals surface area contributed by atoms with Crippen molar-refractivity contribution in [3.05, 3.63) is 35.6 Å². The molecular formula is C14H18FN3O2. The number of halogens is 1. The summed E-state index contributed by atoms with van der Waals surface area (Å²) >= 11 is 0. The number of nitrogens with zero attached hydrogens (tertiary/aromatic N) is 1. The normalized spacial score (nSPS) is 22.8.